The first-order valence-corrected chi connectivity index (χ1v) is 4.81. The molecule has 1 heterocycles. The van der Waals surface area contributed by atoms with Crippen LogP contribution < -0.4 is 4.74 Å². The fraction of sp³-hybridized carbons (Fsp3) is 0.200. The van der Waals surface area contributed by atoms with Gasteiger partial charge in [-0.1, -0.05) is 10.3 Å². The van der Waals surface area contributed by atoms with Crippen LogP contribution in [-0.2, 0) is 6.54 Å². The van der Waals surface area contributed by atoms with Crippen LogP contribution in [-0.4, -0.2) is 17.3 Å². The monoisotopic (exact) mass is 231 g/mol. The second-order valence-electron chi connectivity index (χ2n) is 3.13. The molecule has 0 amide bonds. The van der Waals surface area contributed by atoms with E-state index in [1.165, 1.54) is 0 Å². The number of methoxy groups -OCH3 is 1. The molecule has 7 heteroatoms. The summed E-state index contributed by atoms with van der Waals surface area (Å²) in [6.45, 7) is 0.0552. The number of hydrogen-bond donors (Lipinski definition) is 0. The van der Waals surface area contributed by atoms with E-state index in [2.05, 4.69) is 20.2 Å². The largest absolute Gasteiger partial charge is 0.497 e. The molecular weight excluding hydrogens is 222 g/mol. The Morgan fingerprint density at radius 1 is 1.41 bits per heavy atom. The highest BCUT2D eigenvalue weighted by atomic mass is 16.5. The van der Waals surface area contributed by atoms with E-state index in [4.69, 9.17) is 14.8 Å². The summed E-state index contributed by atoms with van der Waals surface area (Å²) in [5.74, 6) is 1.50. The smallest absolute Gasteiger partial charge is 0.232 e. The van der Waals surface area contributed by atoms with Crippen molar-refractivity contribution in [2.45, 2.75) is 6.54 Å². The number of benzene rings is 1. The molecule has 0 saturated carbocycles. The minimum Gasteiger partial charge on any atom is -0.497 e. The van der Waals surface area contributed by atoms with Gasteiger partial charge in [0, 0.05) is 10.5 Å². The van der Waals surface area contributed by atoms with Crippen molar-refractivity contribution < 1.29 is 9.26 Å². The molecule has 2 aromatic rings. The first-order chi connectivity index (χ1) is 8.33. The van der Waals surface area contributed by atoms with Gasteiger partial charge in [0.25, 0.3) is 0 Å². The first kappa shape index (κ1) is 11.0. The number of ether oxygens (including phenoxy) is 1. The molecule has 0 fully saturated rings. The molecule has 0 aliphatic rings. The van der Waals surface area contributed by atoms with Gasteiger partial charge in [0.2, 0.25) is 11.7 Å². The van der Waals surface area contributed by atoms with Gasteiger partial charge in [-0.25, -0.2) is 0 Å². The third-order valence-electron chi connectivity index (χ3n) is 2.09. The molecule has 0 saturated heterocycles. The molecule has 0 aliphatic heterocycles. The van der Waals surface area contributed by atoms with Crippen molar-refractivity contribution in [2.75, 3.05) is 7.11 Å². The van der Waals surface area contributed by atoms with Gasteiger partial charge in [0.05, 0.1) is 7.11 Å². The molecule has 7 nitrogen and oxygen atoms in total. The van der Waals surface area contributed by atoms with E-state index in [0.29, 0.717) is 5.82 Å². The lowest BCUT2D eigenvalue weighted by atomic mass is 10.2. The van der Waals surface area contributed by atoms with E-state index in [-0.39, 0.29) is 12.4 Å². The van der Waals surface area contributed by atoms with E-state index in [9.17, 15) is 0 Å². The minimum atomic E-state index is 0.0552. The highest BCUT2D eigenvalue weighted by molar-refractivity contribution is 5.55. The maximum absolute atomic E-state index is 8.16. The molecule has 0 bridgehead atoms. The molecule has 2 rings (SSSR count). The number of aromatic nitrogens is 2. The van der Waals surface area contributed by atoms with Crippen LogP contribution in [0.1, 0.15) is 5.89 Å². The average Bonchev–Trinajstić information content (AvgIpc) is 2.85. The molecule has 0 atom stereocenters. The van der Waals surface area contributed by atoms with Gasteiger partial charge < -0.3 is 9.26 Å². The van der Waals surface area contributed by atoms with E-state index in [1.807, 2.05) is 12.1 Å². The van der Waals surface area contributed by atoms with Crippen LogP contribution in [0.25, 0.3) is 21.8 Å². The van der Waals surface area contributed by atoms with E-state index in [0.717, 1.165) is 11.3 Å². The lowest BCUT2D eigenvalue weighted by Crippen LogP contribution is -1.84. The highest BCUT2D eigenvalue weighted by Gasteiger charge is 2.07. The second-order valence-corrected chi connectivity index (χ2v) is 3.13. The quantitative estimate of drug-likeness (QED) is 0.458. The summed E-state index contributed by atoms with van der Waals surface area (Å²) in [4.78, 5) is 6.71. The van der Waals surface area contributed by atoms with Crippen molar-refractivity contribution in [3.63, 3.8) is 0 Å². The SMILES string of the molecule is COc1ccc(-c2noc(CN=[N+]=[N-])n2)cc1. The molecule has 1 aromatic carbocycles. The predicted molar refractivity (Wildman–Crippen MR) is 59.1 cm³/mol. The topological polar surface area (TPSA) is 96.9 Å². The first-order valence-electron chi connectivity index (χ1n) is 4.81. The summed E-state index contributed by atoms with van der Waals surface area (Å²) >= 11 is 0. The van der Waals surface area contributed by atoms with E-state index < -0.39 is 0 Å². The summed E-state index contributed by atoms with van der Waals surface area (Å²) in [6.07, 6.45) is 0. The molecule has 0 unspecified atom stereocenters. The Hall–Kier alpha value is -2.53. The van der Waals surface area contributed by atoms with Crippen molar-refractivity contribution in [1.82, 2.24) is 10.1 Å². The number of azide groups is 1. The van der Waals surface area contributed by atoms with Gasteiger partial charge in [-0.15, -0.1) is 0 Å². The van der Waals surface area contributed by atoms with Gasteiger partial charge in [-0.2, -0.15) is 4.98 Å². The summed E-state index contributed by atoms with van der Waals surface area (Å²) in [7, 11) is 1.60. The van der Waals surface area contributed by atoms with Crippen LogP contribution in [0.15, 0.2) is 33.9 Å². The fourth-order valence-electron chi connectivity index (χ4n) is 1.27. The Bertz CT molecular complexity index is 542. The molecular formula is C10H9N5O2. The minimum absolute atomic E-state index is 0.0552. The summed E-state index contributed by atoms with van der Waals surface area (Å²) in [5.41, 5.74) is 8.97. The van der Waals surface area contributed by atoms with Crippen LogP contribution in [0.3, 0.4) is 0 Å². The lowest BCUT2D eigenvalue weighted by molar-refractivity contribution is 0.380. The molecule has 0 aliphatic carbocycles. The molecule has 86 valence electrons. The van der Waals surface area contributed by atoms with Crippen LogP contribution in [0.2, 0.25) is 0 Å². The van der Waals surface area contributed by atoms with E-state index >= 15 is 0 Å². The van der Waals surface area contributed by atoms with Gasteiger partial charge >= 0.3 is 0 Å². The zero-order valence-corrected chi connectivity index (χ0v) is 9.07. The lowest BCUT2D eigenvalue weighted by Gasteiger charge is -1.98. The summed E-state index contributed by atoms with van der Waals surface area (Å²) in [5, 5.41) is 7.13. The zero-order chi connectivity index (χ0) is 12.1. The zero-order valence-electron chi connectivity index (χ0n) is 9.07. The fourth-order valence-corrected chi connectivity index (χ4v) is 1.27. The maximum atomic E-state index is 8.16. The van der Waals surface area contributed by atoms with Crippen LogP contribution >= 0.6 is 0 Å². The number of nitrogens with zero attached hydrogens (tertiary/aromatic N) is 5. The van der Waals surface area contributed by atoms with Crippen molar-refractivity contribution in [3.8, 4) is 17.1 Å². The van der Waals surface area contributed by atoms with Crippen LogP contribution in [0, 0.1) is 0 Å². The molecule has 17 heavy (non-hydrogen) atoms. The normalized spacial score (nSPS) is 9.71. The number of hydrogen-bond acceptors (Lipinski definition) is 5. The van der Waals surface area contributed by atoms with Gasteiger partial charge in [-0.05, 0) is 29.8 Å². The Balaban J connectivity index is 2.20. The molecule has 0 radical (unpaired) electrons. The Labute approximate surface area is 96.7 Å². The molecule has 1 aromatic heterocycles. The van der Waals surface area contributed by atoms with Crippen molar-refractivity contribution in [1.29, 1.82) is 0 Å². The van der Waals surface area contributed by atoms with Gasteiger partial charge in [0.1, 0.15) is 12.3 Å². The van der Waals surface area contributed by atoms with Crippen molar-refractivity contribution >= 4 is 0 Å². The van der Waals surface area contributed by atoms with Crippen molar-refractivity contribution in [2.24, 2.45) is 5.11 Å². The average molecular weight is 231 g/mol. The van der Waals surface area contributed by atoms with Gasteiger partial charge in [-0.3, -0.25) is 0 Å². The Morgan fingerprint density at radius 3 is 2.82 bits per heavy atom. The third-order valence-corrected chi connectivity index (χ3v) is 2.09. The van der Waals surface area contributed by atoms with Crippen LogP contribution in [0.4, 0.5) is 0 Å². The third kappa shape index (κ3) is 2.53. The number of rotatable bonds is 4. The highest BCUT2D eigenvalue weighted by Crippen LogP contribution is 2.19. The van der Waals surface area contributed by atoms with E-state index in [1.54, 1.807) is 19.2 Å². The second kappa shape index (κ2) is 5.00. The summed E-state index contributed by atoms with van der Waals surface area (Å²) in [6, 6.07) is 7.25. The Kier molecular flexibility index (Phi) is 3.23. The molecule has 0 spiro atoms. The standard InChI is InChI=1S/C10H9N5O2/c1-16-8-4-2-7(3-5-8)10-13-9(17-14-10)6-12-15-11/h2-5H,6H2,1H3. The maximum Gasteiger partial charge on any atom is 0.232 e. The summed E-state index contributed by atoms with van der Waals surface area (Å²) < 4.78 is 9.96. The Morgan fingerprint density at radius 2 is 2.18 bits per heavy atom. The molecule has 0 N–H and O–H groups in total. The van der Waals surface area contributed by atoms with Gasteiger partial charge in [0.15, 0.2) is 0 Å². The van der Waals surface area contributed by atoms with Crippen molar-refractivity contribution in [3.05, 3.63) is 40.6 Å². The predicted octanol–water partition coefficient (Wildman–Crippen LogP) is 2.56. The van der Waals surface area contributed by atoms with Crippen LogP contribution in [0.5, 0.6) is 5.75 Å².